The fourth-order valence-corrected chi connectivity index (χ4v) is 1.40. The molecule has 1 rings (SSSR count). The number of methoxy groups -OCH3 is 1. The summed E-state index contributed by atoms with van der Waals surface area (Å²) < 4.78 is 4.70. The molecule has 0 unspecified atom stereocenters. The van der Waals surface area contributed by atoms with Crippen molar-refractivity contribution in [2.45, 2.75) is 6.92 Å². The van der Waals surface area contributed by atoms with E-state index in [4.69, 9.17) is 4.74 Å². The number of aryl methyl sites for hydroxylation is 1. The van der Waals surface area contributed by atoms with Crippen molar-refractivity contribution in [3.8, 4) is 0 Å². The molecule has 0 radical (unpaired) electrons. The maximum Gasteiger partial charge on any atom is 0.338 e. The third-order valence-corrected chi connectivity index (χ3v) is 2.23. The topological polar surface area (TPSA) is 26.3 Å². The maximum absolute atomic E-state index is 11.4. The third-order valence-electron chi connectivity index (χ3n) is 2.02. The van der Waals surface area contributed by atoms with Gasteiger partial charge in [0.15, 0.2) is 0 Å². The van der Waals surface area contributed by atoms with Gasteiger partial charge < -0.3 is 4.74 Å². The van der Waals surface area contributed by atoms with Crippen LogP contribution in [0.2, 0.25) is 0 Å². The zero-order valence-electron chi connectivity index (χ0n) is 8.86. The first-order valence-electron chi connectivity index (χ1n) is 4.65. The lowest BCUT2D eigenvalue weighted by Gasteiger charge is -2.04. The molecule has 0 saturated heterocycles. The number of ether oxygens (including phenoxy) is 1. The number of carbonyl (C=O) groups excluding carboxylic acids is 1. The van der Waals surface area contributed by atoms with Crippen LogP contribution in [0, 0.1) is 6.92 Å². The minimum Gasteiger partial charge on any atom is -0.465 e. The largest absolute Gasteiger partial charge is 0.465 e. The average molecular weight is 222 g/mol. The van der Waals surface area contributed by atoms with Gasteiger partial charge in [-0.2, -0.15) is 12.6 Å². The molecule has 0 fully saturated rings. The van der Waals surface area contributed by atoms with Crippen LogP contribution in [-0.2, 0) is 4.74 Å². The molecule has 0 spiro atoms. The summed E-state index contributed by atoms with van der Waals surface area (Å²) in [6.45, 7) is 1.99. The highest BCUT2D eigenvalue weighted by Crippen LogP contribution is 2.14. The molecule has 0 aromatic heterocycles. The molecule has 2 nitrogen and oxygen atoms in total. The van der Waals surface area contributed by atoms with Gasteiger partial charge in [0.05, 0.1) is 12.7 Å². The van der Waals surface area contributed by atoms with E-state index in [1.54, 1.807) is 6.07 Å². The van der Waals surface area contributed by atoms with E-state index in [0.717, 1.165) is 11.1 Å². The molecule has 1 aromatic rings. The highest BCUT2D eigenvalue weighted by molar-refractivity contribution is 7.80. The smallest absolute Gasteiger partial charge is 0.338 e. The second-order valence-electron chi connectivity index (χ2n) is 3.17. The van der Waals surface area contributed by atoms with Gasteiger partial charge in [-0.3, -0.25) is 0 Å². The van der Waals surface area contributed by atoms with E-state index in [0.29, 0.717) is 11.3 Å². The van der Waals surface area contributed by atoms with Gasteiger partial charge in [-0.15, -0.1) is 0 Å². The average Bonchev–Trinajstić information content (AvgIpc) is 2.25. The number of benzene rings is 1. The van der Waals surface area contributed by atoms with Gasteiger partial charge in [0.25, 0.3) is 0 Å². The molecule has 0 heterocycles. The van der Waals surface area contributed by atoms with Gasteiger partial charge in [0, 0.05) is 5.75 Å². The van der Waals surface area contributed by atoms with E-state index in [-0.39, 0.29) is 5.97 Å². The van der Waals surface area contributed by atoms with Crippen LogP contribution in [0.3, 0.4) is 0 Å². The molecular formula is C12H14O2S. The first kappa shape index (κ1) is 11.9. The highest BCUT2D eigenvalue weighted by Gasteiger charge is 2.09. The molecule has 0 amide bonds. The Morgan fingerprint density at radius 1 is 1.53 bits per heavy atom. The Hall–Kier alpha value is -1.22. The Morgan fingerprint density at radius 3 is 2.87 bits per heavy atom. The van der Waals surface area contributed by atoms with Crippen molar-refractivity contribution < 1.29 is 9.53 Å². The summed E-state index contributed by atoms with van der Waals surface area (Å²) in [5, 5.41) is 0. The number of hydrogen-bond acceptors (Lipinski definition) is 3. The Balaban J connectivity index is 3.14. The Bertz CT molecular complexity index is 383. The van der Waals surface area contributed by atoms with E-state index in [1.807, 2.05) is 31.2 Å². The van der Waals surface area contributed by atoms with Gasteiger partial charge in [-0.05, 0) is 18.6 Å². The first-order chi connectivity index (χ1) is 7.19. The normalized spacial score (nSPS) is 10.6. The predicted octanol–water partition coefficient (Wildman–Crippen LogP) is 2.72. The molecule has 0 atom stereocenters. The molecule has 0 aliphatic carbocycles. The zero-order chi connectivity index (χ0) is 11.3. The predicted molar refractivity (Wildman–Crippen MR) is 65.4 cm³/mol. The van der Waals surface area contributed by atoms with E-state index in [2.05, 4.69) is 12.6 Å². The number of rotatable bonds is 3. The Labute approximate surface area is 95.4 Å². The van der Waals surface area contributed by atoms with Crippen LogP contribution in [0.1, 0.15) is 21.5 Å². The van der Waals surface area contributed by atoms with Crippen LogP contribution in [0.5, 0.6) is 0 Å². The van der Waals surface area contributed by atoms with Crippen molar-refractivity contribution in [1.82, 2.24) is 0 Å². The van der Waals surface area contributed by atoms with Crippen molar-refractivity contribution in [2.24, 2.45) is 0 Å². The summed E-state index contributed by atoms with van der Waals surface area (Å²) in [5.41, 5.74) is 2.57. The van der Waals surface area contributed by atoms with Crippen LogP contribution in [0.4, 0.5) is 0 Å². The van der Waals surface area contributed by atoms with E-state index >= 15 is 0 Å². The Morgan fingerprint density at radius 2 is 2.27 bits per heavy atom. The molecule has 0 aliphatic heterocycles. The quantitative estimate of drug-likeness (QED) is 0.628. The summed E-state index contributed by atoms with van der Waals surface area (Å²) in [6.07, 6.45) is 3.77. The van der Waals surface area contributed by atoms with Crippen molar-refractivity contribution >= 4 is 24.7 Å². The van der Waals surface area contributed by atoms with Crippen LogP contribution in [0.15, 0.2) is 24.3 Å². The molecule has 1 aromatic carbocycles. The first-order valence-corrected chi connectivity index (χ1v) is 5.28. The van der Waals surface area contributed by atoms with Gasteiger partial charge in [0.1, 0.15) is 0 Å². The summed E-state index contributed by atoms with van der Waals surface area (Å²) in [4.78, 5) is 11.4. The van der Waals surface area contributed by atoms with Gasteiger partial charge in [-0.1, -0.05) is 29.8 Å². The molecule has 0 saturated carbocycles. The lowest BCUT2D eigenvalue weighted by Crippen LogP contribution is -2.03. The maximum atomic E-state index is 11.4. The Kier molecular flexibility index (Phi) is 4.43. The molecule has 3 heteroatoms. The lowest BCUT2D eigenvalue weighted by molar-refractivity contribution is 0.0600. The summed E-state index contributed by atoms with van der Waals surface area (Å²) in [6, 6.07) is 5.62. The zero-order valence-corrected chi connectivity index (χ0v) is 9.75. The number of esters is 1. The minimum absolute atomic E-state index is 0.311. The van der Waals surface area contributed by atoms with Crippen molar-refractivity contribution in [3.05, 3.63) is 41.0 Å². The summed E-state index contributed by atoms with van der Waals surface area (Å²) >= 11 is 4.08. The molecule has 80 valence electrons. The highest BCUT2D eigenvalue weighted by atomic mass is 32.1. The van der Waals surface area contributed by atoms with E-state index in [1.165, 1.54) is 7.11 Å². The summed E-state index contributed by atoms with van der Waals surface area (Å²) in [5.74, 6) is 0.336. The monoisotopic (exact) mass is 222 g/mol. The van der Waals surface area contributed by atoms with Gasteiger partial charge >= 0.3 is 5.97 Å². The van der Waals surface area contributed by atoms with Crippen molar-refractivity contribution in [2.75, 3.05) is 12.9 Å². The molecule has 0 aliphatic rings. The standard InChI is InChI=1S/C12H14O2S/c1-9-5-6-11(12(13)14-2)10(8-9)4-3-7-15/h3-6,8,15H,7H2,1-2H3. The van der Waals surface area contributed by atoms with Crippen molar-refractivity contribution in [1.29, 1.82) is 0 Å². The lowest BCUT2D eigenvalue weighted by atomic mass is 10.0. The molecule has 0 bridgehead atoms. The van der Waals surface area contributed by atoms with E-state index in [9.17, 15) is 4.79 Å². The van der Waals surface area contributed by atoms with Crippen LogP contribution >= 0.6 is 12.6 Å². The van der Waals surface area contributed by atoms with Crippen molar-refractivity contribution in [3.63, 3.8) is 0 Å². The molecular weight excluding hydrogens is 208 g/mol. The van der Waals surface area contributed by atoms with Crippen LogP contribution < -0.4 is 0 Å². The SMILES string of the molecule is COC(=O)c1ccc(C)cc1C=CCS. The molecule has 15 heavy (non-hydrogen) atoms. The molecule has 0 N–H and O–H groups in total. The fraction of sp³-hybridized carbons (Fsp3) is 0.250. The third kappa shape index (κ3) is 3.13. The second kappa shape index (κ2) is 5.61. The second-order valence-corrected chi connectivity index (χ2v) is 3.53. The van der Waals surface area contributed by atoms with E-state index < -0.39 is 0 Å². The number of thiol groups is 1. The van der Waals surface area contributed by atoms with Crippen LogP contribution in [-0.4, -0.2) is 18.8 Å². The van der Waals surface area contributed by atoms with Gasteiger partial charge in [0.2, 0.25) is 0 Å². The van der Waals surface area contributed by atoms with Gasteiger partial charge in [-0.25, -0.2) is 4.79 Å². The summed E-state index contributed by atoms with van der Waals surface area (Å²) in [7, 11) is 1.38. The number of hydrogen-bond donors (Lipinski definition) is 1. The van der Waals surface area contributed by atoms with Crippen LogP contribution in [0.25, 0.3) is 6.08 Å². The minimum atomic E-state index is -0.311. The number of carbonyl (C=O) groups is 1. The fourth-order valence-electron chi connectivity index (χ4n) is 1.30.